The largest absolute Gasteiger partial charge is 1.00 e. The Morgan fingerprint density at radius 3 is 2.54 bits per heavy atom. The third-order valence-corrected chi connectivity index (χ3v) is 1.90. The van der Waals surface area contributed by atoms with Crippen LogP contribution in [0.1, 0.15) is 1.43 Å². The number of hydrogen-bond donors (Lipinski definition) is 2. The monoisotopic (exact) mass is 276 g/mol. The van der Waals surface area contributed by atoms with Gasteiger partial charge in [-0.3, -0.25) is 4.55 Å². The molecule has 0 saturated carbocycles. The Balaban J connectivity index is 0. The van der Waals surface area contributed by atoms with E-state index in [-0.39, 0.29) is 36.8 Å². The van der Waals surface area contributed by atoms with Crippen LogP contribution in [0.15, 0.2) is 22.8 Å². The van der Waals surface area contributed by atoms with E-state index in [0.29, 0.717) is 0 Å². The predicted octanol–water partition coefficient (Wildman–Crippen LogP) is -1.82. The number of hydrogen-bond acceptors (Lipinski definition) is 3. The molecule has 68 valence electrons. The topological polar surface area (TPSA) is 79.3 Å². The van der Waals surface area contributed by atoms with Crippen LogP contribution in [0.25, 0.3) is 0 Å². The molecule has 0 fully saturated rings. The standard InChI is InChI=1S/C5H5BrN2O3S.Na.H/c6-4-1-2-5(7-3-4)8-12(9,10)11;;/h1-3H,(H,7,8)(H,9,10,11);;/q;+1;-1. The van der Waals surface area contributed by atoms with Gasteiger partial charge in [-0.2, -0.15) is 8.42 Å². The van der Waals surface area contributed by atoms with Crippen LogP contribution >= 0.6 is 15.9 Å². The third-order valence-electron chi connectivity index (χ3n) is 0.961. The minimum absolute atomic E-state index is 0. The fourth-order valence-electron chi connectivity index (χ4n) is 0.568. The maximum absolute atomic E-state index is 10.3. The molecule has 5 nitrogen and oxygen atoms in total. The maximum atomic E-state index is 10.3. The van der Waals surface area contributed by atoms with E-state index in [1.54, 1.807) is 10.8 Å². The van der Waals surface area contributed by atoms with Crippen molar-refractivity contribution in [3.63, 3.8) is 0 Å². The van der Waals surface area contributed by atoms with Gasteiger partial charge in [0.15, 0.2) is 0 Å². The first kappa shape index (κ1) is 13.3. The minimum atomic E-state index is -4.22. The number of aromatic nitrogens is 1. The molecule has 2 N–H and O–H groups in total. The maximum Gasteiger partial charge on any atom is 1.00 e. The zero-order valence-electron chi connectivity index (χ0n) is 7.73. The molecule has 0 radical (unpaired) electrons. The van der Waals surface area contributed by atoms with E-state index >= 15 is 0 Å². The number of nitrogens with one attached hydrogen (secondary N) is 1. The first-order chi connectivity index (χ1) is 5.47. The molecule has 0 aliphatic heterocycles. The first-order valence-corrected chi connectivity index (χ1v) is 5.07. The Bertz CT molecular complexity index is 371. The van der Waals surface area contributed by atoms with Gasteiger partial charge >= 0.3 is 39.9 Å². The van der Waals surface area contributed by atoms with Crippen LogP contribution in [-0.2, 0) is 10.3 Å². The van der Waals surface area contributed by atoms with Crippen molar-refractivity contribution in [1.29, 1.82) is 0 Å². The predicted molar refractivity (Wildman–Crippen MR) is 48.2 cm³/mol. The van der Waals surface area contributed by atoms with Crippen molar-refractivity contribution in [2.45, 2.75) is 0 Å². The molecule has 0 spiro atoms. The van der Waals surface area contributed by atoms with Crippen molar-refractivity contribution in [2.24, 2.45) is 0 Å². The summed E-state index contributed by atoms with van der Waals surface area (Å²) < 4.78 is 31.4. The zero-order chi connectivity index (χ0) is 9.19. The van der Waals surface area contributed by atoms with Crippen LogP contribution < -0.4 is 34.3 Å². The minimum Gasteiger partial charge on any atom is -1.00 e. The smallest absolute Gasteiger partial charge is 1.00 e. The molecule has 0 unspecified atom stereocenters. The molecule has 0 aliphatic carbocycles. The van der Waals surface area contributed by atoms with E-state index in [1.165, 1.54) is 12.3 Å². The third kappa shape index (κ3) is 5.61. The summed E-state index contributed by atoms with van der Waals surface area (Å²) in [6, 6.07) is 3.01. The number of halogens is 1. The van der Waals surface area contributed by atoms with Crippen LogP contribution in [0, 0.1) is 0 Å². The molecule has 1 rings (SSSR count). The summed E-state index contributed by atoms with van der Waals surface area (Å²) in [7, 11) is -4.22. The van der Waals surface area contributed by atoms with Gasteiger partial charge in [-0.15, -0.1) is 0 Å². The molecule has 1 heterocycles. The average molecular weight is 277 g/mol. The molecule has 0 amide bonds. The molecule has 0 aromatic carbocycles. The van der Waals surface area contributed by atoms with E-state index in [4.69, 9.17) is 4.55 Å². The molecule has 0 aliphatic rings. The van der Waals surface area contributed by atoms with Crippen LogP contribution in [0.2, 0.25) is 0 Å². The molecular weight excluding hydrogens is 271 g/mol. The van der Waals surface area contributed by atoms with Gasteiger partial charge < -0.3 is 1.43 Å². The summed E-state index contributed by atoms with van der Waals surface area (Å²) in [4.78, 5) is 3.67. The Morgan fingerprint density at radius 1 is 1.54 bits per heavy atom. The number of rotatable bonds is 2. The van der Waals surface area contributed by atoms with Gasteiger partial charge in [0.2, 0.25) is 0 Å². The first-order valence-electron chi connectivity index (χ1n) is 2.84. The Hall–Kier alpha value is 0.340. The second-order valence-corrected chi connectivity index (χ2v) is 4.01. The van der Waals surface area contributed by atoms with E-state index in [1.807, 2.05) is 0 Å². The molecule has 0 bridgehead atoms. The second-order valence-electron chi connectivity index (χ2n) is 1.94. The summed E-state index contributed by atoms with van der Waals surface area (Å²) in [5.41, 5.74) is 0. The fourth-order valence-corrected chi connectivity index (χ4v) is 1.19. The van der Waals surface area contributed by atoms with E-state index in [0.717, 1.165) is 4.47 Å². The zero-order valence-corrected chi connectivity index (χ0v) is 11.1. The van der Waals surface area contributed by atoms with Gasteiger partial charge in [-0.25, -0.2) is 9.71 Å². The Kier molecular flexibility index (Phi) is 5.42. The SMILES string of the molecule is O=S(=O)(O)Nc1ccc(Br)cn1.[H-].[Na+]. The normalized spacial score (nSPS) is 10.3. The molecular formula is C5H6BrN2NaO3S. The van der Waals surface area contributed by atoms with Crippen LogP contribution in [0.5, 0.6) is 0 Å². The average Bonchev–Trinajstić information content (AvgIpc) is 1.91. The quantitative estimate of drug-likeness (QED) is 0.492. The summed E-state index contributed by atoms with van der Waals surface area (Å²) in [6.45, 7) is 0. The van der Waals surface area contributed by atoms with Crippen molar-refractivity contribution in [2.75, 3.05) is 4.72 Å². The van der Waals surface area contributed by atoms with Crippen molar-refractivity contribution >= 4 is 32.1 Å². The van der Waals surface area contributed by atoms with Crippen molar-refractivity contribution < 1.29 is 44.0 Å². The van der Waals surface area contributed by atoms with E-state index < -0.39 is 10.3 Å². The molecule has 13 heavy (non-hydrogen) atoms. The number of pyridine rings is 1. The van der Waals surface area contributed by atoms with Crippen molar-refractivity contribution in [1.82, 2.24) is 4.98 Å². The number of anilines is 1. The molecule has 1 aromatic rings. The van der Waals surface area contributed by atoms with Crippen molar-refractivity contribution in [3.8, 4) is 0 Å². The van der Waals surface area contributed by atoms with E-state index in [9.17, 15) is 8.42 Å². The Labute approximate surface area is 108 Å². The van der Waals surface area contributed by atoms with Gasteiger partial charge in [0.1, 0.15) is 5.82 Å². The summed E-state index contributed by atoms with van der Waals surface area (Å²) in [5.74, 6) is 0.0701. The molecule has 1 aromatic heterocycles. The van der Waals surface area contributed by atoms with E-state index in [2.05, 4.69) is 20.9 Å². The summed E-state index contributed by atoms with van der Waals surface area (Å²) in [5, 5.41) is 0. The van der Waals surface area contributed by atoms with Gasteiger partial charge in [-0.05, 0) is 28.1 Å². The second kappa shape index (κ2) is 5.28. The fraction of sp³-hybridized carbons (Fsp3) is 0. The van der Waals surface area contributed by atoms with Gasteiger partial charge in [0.05, 0.1) is 0 Å². The summed E-state index contributed by atoms with van der Waals surface area (Å²) in [6.07, 6.45) is 1.41. The van der Waals surface area contributed by atoms with Gasteiger partial charge in [0, 0.05) is 10.7 Å². The van der Waals surface area contributed by atoms with Crippen LogP contribution in [0.3, 0.4) is 0 Å². The summed E-state index contributed by atoms with van der Waals surface area (Å²) >= 11 is 3.12. The molecule has 0 saturated heterocycles. The molecule has 0 atom stereocenters. The van der Waals surface area contributed by atoms with Crippen LogP contribution in [0.4, 0.5) is 5.82 Å². The van der Waals surface area contributed by atoms with Gasteiger partial charge in [-0.1, -0.05) is 0 Å². The Morgan fingerprint density at radius 2 is 2.15 bits per heavy atom. The van der Waals surface area contributed by atoms with Crippen LogP contribution in [-0.4, -0.2) is 18.0 Å². The molecule has 8 heteroatoms. The number of nitrogens with zero attached hydrogens (tertiary/aromatic N) is 1. The van der Waals surface area contributed by atoms with Gasteiger partial charge in [0.25, 0.3) is 0 Å². The van der Waals surface area contributed by atoms with Crippen molar-refractivity contribution in [3.05, 3.63) is 22.8 Å².